The zero-order valence-electron chi connectivity index (χ0n) is 11.4. The Bertz CT molecular complexity index is 428. The predicted octanol–water partition coefficient (Wildman–Crippen LogP) is 2.24. The number of piperidine rings is 1. The first-order chi connectivity index (χ1) is 9.26. The number of hydrogen-bond donors (Lipinski definition) is 2. The van der Waals surface area contributed by atoms with Gasteiger partial charge in [0.1, 0.15) is 0 Å². The van der Waals surface area contributed by atoms with Gasteiger partial charge in [-0.2, -0.15) is 0 Å². The van der Waals surface area contributed by atoms with Crippen molar-refractivity contribution in [1.82, 2.24) is 4.90 Å². The molecule has 0 aliphatic carbocycles. The van der Waals surface area contributed by atoms with Crippen LogP contribution in [0.4, 0.5) is 0 Å². The number of aliphatic hydroxyl groups is 1. The number of benzene rings is 1. The minimum Gasteiger partial charge on any atom is -0.411 e. The molecule has 1 saturated heterocycles. The average Bonchev–Trinajstić information content (AvgIpc) is 2.48. The second-order valence-corrected chi connectivity index (χ2v) is 5.16. The second kappa shape index (κ2) is 6.68. The molecule has 0 aromatic heterocycles. The van der Waals surface area contributed by atoms with Gasteiger partial charge in [-0.3, -0.25) is 4.90 Å². The van der Waals surface area contributed by atoms with Crippen LogP contribution in [0.2, 0.25) is 0 Å². The van der Waals surface area contributed by atoms with Gasteiger partial charge >= 0.3 is 0 Å². The van der Waals surface area contributed by atoms with E-state index in [0.717, 1.165) is 43.8 Å². The van der Waals surface area contributed by atoms with Crippen LogP contribution in [0.15, 0.2) is 29.4 Å². The molecule has 2 rings (SSSR count). The Labute approximate surface area is 114 Å². The summed E-state index contributed by atoms with van der Waals surface area (Å²) in [4.78, 5) is 2.40. The quantitative estimate of drug-likeness (QED) is 0.646. The Morgan fingerprint density at radius 1 is 1.26 bits per heavy atom. The first kappa shape index (κ1) is 14.0. The zero-order valence-corrected chi connectivity index (χ0v) is 11.4. The maximum absolute atomic E-state index is 9.03. The van der Waals surface area contributed by atoms with Crippen LogP contribution < -0.4 is 0 Å². The lowest BCUT2D eigenvalue weighted by Gasteiger charge is -2.32. The van der Waals surface area contributed by atoms with E-state index in [0.29, 0.717) is 5.92 Å². The third-order valence-corrected chi connectivity index (χ3v) is 3.87. The normalized spacial score (nSPS) is 22.8. The Hall–Kier alpha value is -1.39. The molecule has 1 unspecified atom stereocenters. The van der Waals surface area contributed by atoms with E-state index in [1.54, 1.807) is 0 Å². The number of rotatable bonds is 4. The molecule has 4 heteroatoms. The van der Waals surface area contributed by atoms with E-state index < -0.39 is 0 Å². The third kappa shape index (κ3) is 3.55. The van der Waals surface area contributed by atoms with Gasteiger partial charge in [-0.1, -0.05) is 36.3 Å². The molecule has 1 aromatic rings. The summed E-state index contributed by atoms with van der Waals surface area (Å²) < 4.78 is 0. The summed E-state index contributed by atoms with van der Waals surface area (Å²) in [5.41, 5.74) is 3.15. The van der Waals surface area contributed by atoms with E-state index in [-0.39, 0.29) is 6.61 Å². The first-order valence-electron chi connectivity index (χ1n) is 6.88. The SMILES string of the molecule is CCC1CN(Cc2ccc(CO)cc2)CC/C1=N\O. The average molecular weight is 262 g/mol. The summed E-state index contributed by atoms with van der Waals surface area (Å²) in [5.74, 6) is 0.371. The Balaban J connectivity index is 1.96. The third-order valence-electron chi connectivity index (χ3n) is 3.87. The fraction of sp³-hybridized carbons (Fsp3) is 0.533. The summed E-state index contributed by atoms with van der Waals surface area (Å²) in [5, 5.41) is 21.4. The molecule has 0 spiro atoms. The fourth-order valence-electron chi connectivity index (χ4n) is 2.63. The van der Waals surface area contributed by atoms with Crippen molar-refractivity contribution in [3.8, 4) is 0 Å². The number of likely N-dealkylation sites (tertiary alicyclic amines) is 1. The molecule has 1 atom stereocenters. The number of aliphatic hydroxyl groups excluding tert-OH is 1. The van der Waals surface area contributed by atoms with Crippen molar-refractivity contribution in [2.75, 3.05) is 13.1 Å². The number of hydrogen-bond acceptors (Lipinski definition) is 4. The molecule has 19 heavy (non-hydrogen) atoms. The van der Waals surface area contributed by atoms with Crippen molar-refractivity contribution in [1.29, 1.82) is 0 Å². The number of nitrogens with zero attached hydrogens (tertiary/aromatic N) is 2. The lowest BCUT2D eigenvalue weighted by molar-refractivity contribution is 0.220. The molecular weight excluding hydrogens is 240 g/mol. The summed E-state index contributed by atoms with van der Waals surface area (Å²) >= 11 is 0. The molecule has 1 aliphatic rings. The van der Waals surface area contributed by atoms with Gasteiger partial charge in [0.05, 0.1) is 12.3 Å². The maximum atomic E-state index is 9.03. The summed E-state index contributed by atoms with van der Waals surface area (Å²) in [7, 11) is 0. The predicted molar refractivity (Wildman–Crippen MR) is 75.3 cm³/mol. The van der Waals surface area contributed by atoms with Crippen molar-refractivity contribution in [2.24, 2.45) is 11.1 Å². The van der Waals surface area contributed by atoms with Gasteiger partial charge in [-0.25, -0.2) is 0 Å². The van der Waals surface area contributed by atoms with Crippen molar-refractivity contribution in [3.63, 3.8) is 0 Å². The van der Waals surface area contributed by atoms with Crippen LogP contribution >= 0.6 is 0 Å². The van der Waals surface area contributed by atoms with Crippen LogP contribution in [-0.2, 0) is 13.2 Å². The molecule has 0 amide bonds. The molecule has 0 bridgehead atoms. The summed E-state index contributed by atoms with van der Waals surface area (Å²) in [6.45, 7) is 5.05. The standard InChI is InChI=1S/C15H22N2O2/c1-2-14-10-17(8-7-15(14)16-19)9-12-3-5-13(11-18)6-4-12/h3-6,14,18-19H,2,7-11H2,1H3/b16-15+. The molecule has 1 fully saturated rings. The van der Waals surface area contributed by atoms with Crippen LogP contribution in [0.25, 0.3) is 0 Å². The highest BCUT2D eigenvalue weighted by Crippen LogP contribution is 2.19. The zero-order chi connectivity index (χ0) is 13.7. The highest BCUT2D eigenvalue weighted by atomic mass is 16.4. The van der Waals surface area contributed by atoms with E-state index >= 15 is 0 Å². The first-order valence-corrected chi connectivity index (χ1v) is 6.88. The van der Waals surface area contributed by atoms with Crippen molar-refractivity contribution in [3.05, 3.63) is 35.4 Å². The van der Waals surface area contributed by atoms with E-state index in [9.17, 15) is 0 Å². The maximum Gasteiger partial charge on any atom is 0.0681 e. The van der Waals surface area contributed by atoms with Crippen LogP contribution in [0.5, 0.6) is 0 Å². The highest BCUT2D eigenvalue weighted by molar-refractivity contribution is 5.87. The molecule has 0 saturated carbocycles. The molecule has 2 N–H and O–H groups in total. The van der Waals surface area contributed by atoms with Crippen molar-refractivity contribution < 1.29 is 10.3 Å². The minimum absolute atomic E-state index is 0.0955. The molecule has 104 valence electrons. The van der Waals surface area contributed by atoms with Crippen LogP contribution in [0.3, 0.4) is 0 Å². The number of oxime groups is 1. The Kier molecular flexibility index (Phi) is 4.93. The van der Waals surface area contributed by atoms with Gasteiger partial charge in [0.2, 0.25) is 0 Å². The van der Waals surface area contributed by atoms with Crippen LogP contribution in [0, 0.1) is 5.92 Å². The van der Waals surface area contributed by atoms with Gasteiger partial charge in [0.15, 0.2) is 0 Å². The van der Waals surface area contributed by atoms with Crippen molar-refractivity contribution >= 4 is 5.71 Å². The lowest BCUT2D eigenvalue weighted by Crippen LogP contribution is -2.40. The van der Waals surface area contributed by atoms with Gasteiger partial charge in [-0.15, -0.1) is 0 Å². The van der Waals surface area contributed by atoms with Crippen LogP contribution in [0.1, 0.15) is 30.9 Å². The molecule has 4 nitrogen and oxygen atoms in total. The summed E-state index contributed by atoms with van der Waals surface area (Å²) in [6.07, 6.45) is 1.86. The Morgan fingerprint density at radius 3 is 2.53 bits per heavy atom. The van der Waals surface area contributed by atoms with Crippen molar-refractivity contribution in [2.45, 2.75) is 32.9 Å². The fourth-order valence-corrected chi connectivity index (χ4v) is 2.63. The van der Waals surface area contributed by atoms with Gasteiger partial charge < -0.3 is 10.3 Å². The molecule has 1 aliphatic heterocycles. The smallest absolute Gasteiger partial charge is 0.0681 e. The molecule has 0 radical (unpaired) electrons. The monoisotopic (exact) mass is 262 g/mol. The van der Waals surface area contributed by atoms with Gasteiger partial charge in [0.25, 0.3) is 0 Å². The topological polar surface area (TPSA) is 56.1 Å². The minimum atomic E-state index is 0.0955. The molecular formula is C15H22N2O2. The van der Waals surface area contributed by atoms with Gasteiger partial charge in [0, 0.05) is 32.0 Å². The largest absolute Gasteiger partial charge is 0.411 e. The molecule has 1 aromatic carbocycles. The van der Waals surface area contributed by atoms with Crippen LogP contribution in [-0.4, -0.2) is 34.0 Å². The Morgan fingerprint density at radius 2 is 1.95 bits per heavy atom. The molecule has 1 heterocycles. The second-order valence-electron chi connectivity index (χ2n) is 5.16. The van der Waals surface area contributed by atoms with E-state index in [4.69, 9.17) is 10.3 Å². The highest BCUT2D eigenvalue weighted by Gasteiger charge is 2.24. The summed E-state index contributed by atoms with van der Waals surface area (Å²) in [6, 6.07) is 8.08. The van der Waals surface area contributed by atoms with E-state index in [2.05, 4.69) is 29.1 Å². The lowest BCUT2D eigenvalue weighted by atomic mass is 9.93. The van der Waals surface area contributed by atoms with E-state index in [1.807, 2.05) is 12.1 Å². The van der Waals surface area contributed by atoms with Gasteiger partial charge in [-0.05, 0) is 17.5 Å². The van der Waals surface area contributed by atoms with E-state index in [1.165, 1.54) is 5.56 Å².